The number of hydrogen-bond acceptors (Lipinski definition) is 1. The predicted octanol–water partition coefficient (Wildman–Crippen LogP) is -0.0332. The molecule has 1 heteroatoms. The van der Waals surface area contributed by atoms with Gasteiger partial charge in [0.2, 0.25) is 0 Å². The van der Waals surface area contributed by atoms with Gasteiger partial charge in [-0.25, -0.2) is 0 Å². The standard InChI is InChI=1S/C5H7N/c1-4-2-3-5(4)6/h4-5H,6H2,1H3. The van der Waals surface area contributed by atoms with Gasteiger partial charge >= 0.3 is 0 Å². The molecule has 2 N–H and O–H groups in total. The van der Waals surface area contributed by atoms with Gasteiger partial charge in [0.15, 0.2) is 0 Å². The first-order valence-electron chi connectivity index (χ1n) is 2.07. The fourth-order valence-corrected chi connectivity index (χ4v) is 0.346. The molecule has 0 aromatic heterocycles. The molecule has 1 rings (SSSR count). The molecular weight excluding hydrogens is 74.1 g/mol. The van der Waals surface area contributed by atoms with Crippen LogP contribution >= 0.6 is 0 Å². The predicted molar refractivity (Wildman–Crippen MR) is 24.9 cm³/mol. The van der Waals surface area contributed by atoms with E-state index in [0.717, 1.165) is 0 Å². The zero-order valence-electron chi connectivity index (χ0n) is 3.73. The fraction of sp³-hybridized carbons (Fsp3) is 0.600. The molecule has 0 aliphatic heterocycles. The number of hydrogen-bond donors (Lipinski definition) is 1. The van der Waals surface area contributed by atoms with E-state index >= 15 is 0 Å². The third-order valence-corrected chi connectivity index (χ3v) is 1.02. The van der Waals surface area contributed by atoms with Crippen LogP contribution in [0, 0.1) is 17.8 Å². The van der Waals surface area contributed by atoms with Crippen molar-refractivity contribution >= 4 is 0 Å². The monoisotopic (exact) mass is 81.1 g/mol. The van der Waals surface area contributed by atoms with Crippen molar-refractivity contribution in [3.63, 3.8) is 0 Å². The molecule has 0 aromatic carbocycles. The summed E-state index contributed by atoms with van der Waals surface area (Å²) in [6.07, 6.45) is 0. The molecule has 0 bridgehead atoms. The minimum atomic E-state index is 0.171. The molecule has 2 unspecified atom stereocenters. The zero-order chi connectivity index (χ0) is 4.57. The first kappa shape index (κ1) is 3.70. The highest BCUT2D eigenvalue weighted by molar-refractivity contribution is 5.24. The van der Waals surface area contributed by atoms with Crippen LogP contribution < -0.4 is 5.73 Å². The molecule has 0 radical (unpaired) electrons. The highest BCUT2D eigenvalue weighted by atomic mass is 14.6. The van der Waals surface area contributed by atoms with Gasteiger partial charge in [-0.3, -0.25) is 0 Å². The largest absolute Gasteiger partial charge is 0.317 e. The van der Waals surface area contributed by atoms with Crippen molar-refractivity contribution in [1.82, 2.24) is 0 Å². The molecule has 6 heavy (non-hydrogen) atoms. The Hall–Kier alpha value is -0.480. The molecule has 0 fully saturated rings. The Balaban J connectivity index is 2.55. The lowest BCUT2D eigenvalue weighted by molar-refractivity contribution is 0.631. The van der Waals surface area contributed by atoms with Crippen molar-refractivity contribution in [3.8, 4) is 11.8 Å². The quantitative estimate of drug-likeness (QED) is 0.407. The molecule has 0 spiro atoms. The average Bonchev–Trinajstić information content (AvgIpc) is 1.61. The van der Waals surface area contributed by atoms with Crippen molar-refractivity contribution in [2.75, 3.05) is 0 Å². The van der Waals surface area contributed by atoms with Crippen molar-refractivity contribution in [2.24, 2.45) is 11.7 Å². The molecule has 1 aliphatic carbocycles. The Bertz CT molecular complexity index is 94.8. The summed E-state index contributed by atoms with van der Waals surface area (Å²) in [7, 11) is 0. The third-order valence-electron chi connectivity index (χ3n) is 1.02. The molecule has 0 saturated heterocycles. The van der Waals surface area contributed by atoms with E-state index in [4.69, 9.17) is 5.73 Å². The molecular formula is C5H7N. The average molecular weight is 81.1 g/mol. The lowest BCUT2D eigenvalue weighted by Crippen LogP contribution is -2.31. The maximum Gasteiger partial charge on any atom is 0.0801 e. The van der Waals surface area contributed by atoms with Gasteiger partial charge in [-0.15, -0.1) is 0 Å². The maximum absolute atomic E-state index is 5.35. The molecule has 32 valence electrons. The van der Waals surface area contributed by atoms with Gasteiger partial charge in [0.1, 0.15) is 0 Å². The van der Waals surface area contributed by atoms with Gasteiger partial charge in [-0.1, -0.05) is 11.8 Å². The van der Waals surface area contributed by atoms with Gasteiger partial charge < -0.3 is 5.73 Å². The summed E-state index contributed by atoms with van der Waals surface area (Å²) >= 11 is 0. The molecule has 0 amide bonds. The SMILES string of the molecule is CC1C#CC1N. The van der Waals surface area contributed by atoms with E-state index in [1.54, 1.807) is 0 Å². The van der Waals surface area contributed by atoms with Gasteiger partial charge in [0.25, 0.3) is 0 Å². The zero-order valence-corrected chi connectivity index (χ0v) is 3.73. The normalized spacial score (nSPS) is 39.7. The first-order chi connectivity index (χ1) is 2.80. The van der Waals surface area contributed by atoms with E-state index in [1.807, 2.05) is 6.92 Å². The second-order valence-corrected chi connectivity index (χ2v) is 1.60. The molecule has 1 nitrogen and oxygen atoms in total. The Morgan fingerprint density at radius 2 is 2.00 bits per heavy atom. The molecule has 0 heterocycles. The molecule has 0 aromatic rings. The van der Waals surface area contributed by atoms with Crippen LogP contribution in [-0.4, -0.2) is 6.04 Å². The van der Waals surface area contributed by atoms with Crippen LogP contribution in [0.4, 0.5) is 0 Å². The van der Waals surface area contributed by atoms with E-state index in [9.17, 15) is 0 Å². The van der Waals surface area contributed by atoms with Crippen molar-refractivity contribution in [2.45, 2.75) is 13.0 Å². The fourth-order valence-electron chi connectivity index (χ4n) is 0.346. The Morgan fingerprint density at radius 3 is 2.00 bits per heavy atom. The highest BCUT2D eigenvalue weighted by Crippen LogP contribution is 2.03. The number of nitrogens with two attached hydrogens (primary N) is 1. The summed E-state index contributed by atoms with van der Waals surface area (Å²) in [5, 5.41) is 0. The van der Waals surface area contributed by atoms with E-state index in [1.165, 1.54) is 0 Å². The summed E-state index contributed by atoms with van der Waals surface area (Å²) in [5.41, 5.74) is 5.35. The second kappa shape index (κ2) is 0.990. The van der Waals surface area contributed by atoms with Crippen molar-refractivity contribution < 1.29 is 0 Å². The van der Waals surface area contributed by atoms with E-state index < -0.39 is 0 Å². The molecule has 1 aliphatic rings. The summed E-state index contributed by atoms with van der Waals surface area (Å²) in [5.74, 6) is 6.12. The smallest absolute Gasteiger partial charge is 0.0801 e. The summed E-state index contributed by atoms with van der Waals surface area (Å²) in [4.78, 5) is 0. The summed E-state index contributed by atoms with van der Waals surface area (Å²) < 4.78 is 0. The van der Waals surface area contributed by atoms with E-state index in [-0.39, 0.29) is 6.04 Å². The van der Waals surface area contributed by atoms with Crippen LogP contribution in [0.15, 0.2) is 0 Å². The molecule has 0 saturated carbocycles. The van der Waals surface area contributed by atoms with Crippen molar-refractivity contribution in [1.29, 1.82) is 0 Å². The van der Waals surface area contributed by atoms with Gasteiger partial charge in [0, 0.05) is 5.92 Å². The number of rotatable bonds is 0. The van der Waals surface area contributed by atoms with Crippen LogP contribution in [0.3, 0.4) is 0 Å². The van der Waals surface area contributed by atoms with Crippen LogP contribution in [0.1, 0.15) is 6.92 Å². The van der Waals surface area contributed by atoms with Gasteiger partial charge in [-0.2, -0.15) is 0 Å². The second-order valence-electron chi connectivity index (χ2n) is 1.60. The minimum Gasteiger partial charge on any atom is -0.317 e. The maximum atomic E-state index is 5.35. The summed E-state index contributed by atoms with van der Waals surface area (Å²) in [6.45, 7) is 2.03. The Morgan fingerprint density at radius 1 is 1.50 bits per heavy atom. The van der Waals surface area contributed by atoms with Gasteiger partial charge in [-0.05, 0) is 6.92 Å². The topological polar surface area (TPSA) is 26.0 Å². The van der Waals surface area contributed by atoms with Crippen LogP contribution in [0.5, 0.6) is 0 Å². The lowest BCUT2D eigenvalue weighted by atomic mass is 9.96. The first-order valence-corrected chi connectivity index (χ1v) is 2.07. The van der Waals surface area contributed by atoms with E-state index in [2.05, 4.69) is 11.8 Å². The third kappa shape index (κ3) is 0.308. The highest BCUT2D eigenvalue weighted by Gasteiger charge is 2.12. The van der Waals surface area contributed by atoms with Crippen molar-refractivity contribution in [3.05, 3.63) is 0 Å². The van der Waals surface area contributed by atoms with E-state index in [0.29, 0.717) is 5.92 Å². The minimum absolute atomic E-state index is 0.171. The lowest BCUT2D eigenvalue weighted by Gasteiger charge is -2.13. The van der Waals surface area contributed by atoms with Crippen LogP contribution in [0.25, 0.3) is 0 Å². The Labute approximate surface area is 37.5 Å². The Kier molecular flexibility index (Phi) is 0.611. The van der Waals surface area contributed by atoms with Gasteiger partial charge in [0.05, 0.1) is 6.04 Å². The molecule has 2 atom stereocenters. The summed E-state index contributed by atoms with van der Waals surface area (Å²) in [6, 6.07) is 0.171. The van der Waals surface area contributed by atoms with Crippen LogP contribution in [-0.2, 0) is 0 Å². The van der Waals surface area contributed by atoms with Crippen LogP contribution in [0.2, 0.25) is 0 Å².